The Labute approximate surface area is 157 Å². The summed E-state index contributed by atoms with van der Waals surface area (Å²) in [5.74, 6) is 0.546. The van der Waals surface area contributed by atoms with E-state index in [1.807, 2.05) is 10.3 Å². The van der Waals surface area contributed by atoms with Crippen molar-refractivity contribution in [1.82, 2.24) is 9.88 Å². The fraction of sp³-hybridized carbons (Fsp3) is 0.333. The van der Waals surface area contributed by atoms with Gasteiger partial charge in [-0.05, 0) is 35.1 Å². The number of methoxy groups -OCH3 is 1. The lowest BCUT2D eigenvalue weighted by Crippen LogP contribution is -2.38. The standard InChI is InChI=1S/C21H22N2O2S/c1-25-13-20-22-19(14-26-20)21(24)23-11-9-16(10-12-23)18-8-4-6-15-5-2-3-7-17(15)18/h2-8,14,16H,9-13H2,1H3. The number of ether oxygens (including phenoxy) is 1. The summed E-state index contributed by atoms with van der Waals surface area (Å²) in [6.07, 6.45) is 1.99. The molecule has 0 N–H and O–H groups in total. The topological polar surface area (TPSA) is 42.4 Å². The number of carbonyl (C=O) groups is 1. The number of rotatable bonds is 4. The van der Waals surface area contributed by atoms with Crippen molar-refractivity contribution in [3.8, 4) is 0 Å². The minimum atomic E-state index is 0.0416. The summed E-state index contributed by atoms with van der Waals surface area (Å²) in [7, 11) is 1.64. The lowest BCUT2D eigenvalue weighted by Gasteiger charge is -2.32. The molecule has 0 unspecified atom stereocenters. The summed E-state index contributed by atoms with van der Waals surface area (Å²) in [6.45, 7) is 2.02. The molecule has 1 fully saturated rings. The molecule has 1 aliphatic rings. The Hall–Kier alpha value is -2.24. The van der Waals surface area contributed by atoms with E-state index in [9.17, 15) is 4.79 Å². The average molecular weight is 366 g/mol. The maximum absolute atomic E-state index is 12.7. The molecule has 2 heterocycles. The Morgan fingerprint density at radius 1 is 1.19 bits per heavy atom. The highest BCUT2D eigenvalue weighted by molar-refractivity contribution is 7.09. The second-order valence-electron chi connectivity index (χ2n) is 6.69. The van der Waals surface area contributed by atoms with Gasteiger partial charge in [0.25, 0.3) is 5.91 Å². The van der Waals surface area contributed by atoms with Gasteiger partial charge >= 0.3 is 0 Å². The third-order valence-corrected chi connectivity index (χ3v) is 5.91. The van der Waals surface area contributed by atoms with E-state index >= 15 is 0 Å². The molecule has 2 aromatic carbocycles. The SMILES string of the molecule is COCc1nc(C(=O)N2CCC(c3cccc4ccccc34)CC2)cs1. The van der Waals surface area contributed by atoms with E-state index in [1.54, 1.807) is 7.11 Å². The monoisotopic (exact) mass is 366 g/mol. The van der Waals surface area contributed by atoms with Crippen molar-refractivity contribution in [3.63, 3.8) is 0 Å². The van der Waals surface area contributed by atoms with Crippen molar-refractivity contribution in [2.75, 3.05) is 20.2 Å². The third kappa shape index (κ3) is 3.37. The number of thiazole rings is 1. The zero-order valence-corrected chi connectivity index (χ0v) is 15.7. The van der Waals surface area contributed by atoms with Gasteiger partial charge in [-0.2, -0.15) is 0 Å². The molecule has 4 rings (SSSR count). The number of piperidine rings is 1. The second kappa shape index (κ2) is 7.56. The molecule has 1 saturated heterocycles. The lowest BCUT2D eigenvalue weighted by atomic mass is 9.86. The molecule has 0 bridgehead atoms. The number of hydrogen-bond acceptors (Lipinski definition) is 4. The maximum Gasteiger partial charge on any atom is 0.273 e. The molecule has 0 atom stereocenters. The zero-order valence-electron chi connectivity index (χ0n) is 14.9. The number of likely N-dealkylation sites (tertiary alicyclic amines) is 1. The number of amides is 1. The van der Waals surface area contributed by atoms with Crippen LogP contribution in [0.2, 0.25) is 0 Å². The van der Waals surface area contributed by atoms with Crippen LogP contribution in [-0.4, -0.2) is 36.0 Å². The van der Waals surface area contributed by atoms with Gasteiger partial charge in [-0.3, -0.25) is 4.79 Å². The molecule has 4 nitrogen and oxygen atoms in total. The van der Waals surface area contributed by atoms with Crippen LogP contribution in [0.4, 0.5) is 0 Å². The quantitative estimate of drug-likeness (QED) is 0.684. The molecule has 3 aromatic rings. The minimum Gasteiger partial charge on any atom is -0.378 e. The van der Waals surface area contributed by atoms with Gasteiger partial charge in [-0.25, -0.2) is 4.98 Å². The summed E-state index contributed by atoms with van der Waals surface area (Å²) < 4.78 is 5.09. The summed E-state index contributed by atoms with van der Waals surface area (Å²) in [4.78, 5) is 19.0. The highest BCUT2D eigenvalue weighted by Gasteiger charge is 2.26. The van der Waals surface area contributed by atoms with Crippen molar-refractivity contribution in [2.45, 2.75) is 25.4 Å². The summed E-state index contributed by atoms with van der Waals surface area (Å²) >= 11 is 1.48. The molecule has 0 saturated carbocycles. The van der Waals surface area contributed by atoms with Crippen molar-refractivity contribution in [2.24, 2.45) is 0 Å². The number of hydrogen-bond donors (Lipinski definition) is 0. The summed E-state index contributed by atoms with van der Waals surface area (Å²) in [5, 5.41) is 5.31. The Morgan fingerprint density at radius 2 is 1.96 bits per heavy atom. The van der Waals surface area contributed by atoms with Crippen LogP contribution in [0.3, 0.4) is 0 Å². The van der Waals surface area contributed by atoms with Crippen molar-refractivity contribution < 1.29 is 9.53 Å². The number of nitrogens with zero attached hydrogens (tertiary/aromatic N) is 2. The van der Waals surface area contributed by atoms with Gasteiger partial charge in [0.2, 0.25) is 0 Å². The highest BCUT2D eigenvalue weighted by Crippen LogP contribution is 2.33. The number of benzene rings is 2. The Morgan fingerprint density at radius 3 is 2.77 bits per heavy atom. The first-order chi connectivity index (χ1) is 12.8. The van der Waals surface area contributed by atoms with E-state index in [2.05, 4.69) is 47.4 Å². The molecule has 0 spiro atoms. The molecule has 0 radical (unpaired) electrons. The first-order valence-electron chi connectivity index (χ1n) is 8.96. The van der Waals surface area contributed by atoms with E-state index in [-0.39, 0.29) is 5.91 Å². The zero-order chi connectivity index (χ0) is 17.9. The van der Waals surface area contributed by atoms with E-state index in [0.29, 0.717) is 18.2 Å². The maximum atomic E-state index is 12.7. The molecule has 26 heavy (non-hydrogen) atoms. The van der Waals surface area contributed by atoms with Crippen LogP contribution in [0.1, 0.15) is 39.8 Å². The van der Waals surface area contributed by atoms with Gasteiger partial charge < -0.3 is 9.64 Å². The van der Waals surface area contributed by atoms with Crippen LogP contribution in [0.25, 0.3) is 10.8 Å². The summed E-state index contributed by atoms with van der Waals surface area (Å²) in [5.41, 5.74) is 1.96. The molecule has 5 heteroatoms. The molecule has 134 valence electrons. The van der Waals surface area contributed by atoms with Gasteiger partial charge in [0.05, 0.1) is 6.61 Å². The van der Waals surface area contributed by atoms with Crippen LogP contribution in [0.5, 0.6) is 0 Å². The third-order valence-electron chi connectivity index (χ3n) is 5.08. The number of aromatic nitrogens is 1. The van der Waals surface area contributed by atoms with Crippen molar-refractivity contribution >= 4 is 28.0 Å². The van der Waals surface area contributed by atoms with Gasteiger partial charge in [-0.1, -0.05) is 42.5 Å². The highest BCUT2D eigenvalue weighted by atomic mass is 32.1. The van der Waals surface area contributed by atoms with E-state index in [1.165, 1.54) is 27.7 Å². The normalized spacial score (nSPS) is 15.5. The first kappa shape index (κ1) is 17.2. The van der Waals surface area contributed by atoms with Gasteiger partial charge in [-0.15, -0.1) is 11.3 Å². The molecule has 0 aliphatic carbocycles. The Bertz CT molecular complexity index is 908. The van der Waals surface area contributed by atoms with E-state index in [0.717, 1.165) is 30.9 Å². The van der Waals surface area contributed by atoms with Crippen LogP contribution < -0.4 is 0 Å². The fourth-order valence-corrected chi connectivity index (χ4v) is 4.50. The van der Waals surface area contributed by atoms with Crippen LogP contribution in [0.15, 0.2) is 47.8 Å². The lowest BCUT2D eigenvalue weighted by molar-refractivity contribution is 0.0707. The van der Waals surface area contributed by atoms with E-state index in [4.69, 9.17) is 4.74 Å². The van der Waals surface area contributed by atoms with E-state index < -0.39 is 0 Å². The largest absolute Gasteiger partial charge is 0.378 e. The number of fused-ring (bicyclic) bond motifs is 1. The van der Waals surface area contributed by atoms with Crippen LogP contribution in [0, 0.1) is 0 Å². The number of carbonyl (C=O) groups excluding carboxylic acids is 1. The molecule has 1 amide bonds. The molecular formula is C21H22N2O2S. The van der Waals surface area contributed by atoms with Gasteiger partial charge in [0, 0.05) is 25.6 Å². The van der Waals surface area contributed by atoms with Crippen LogP contribution in [-0.2, 0) is 11.3 Å². The first-order valence-corrected chi connectivity index (χ1v) is 9.84. The summed E-state index contributed by atoms with van der Waals surface area (Å²) in [6, 6.07) is 15.1. The molecular weight excluding hydrogens is 344 g/mol. The van der Waals surface area contributed by atoms with Gasteiger partial charge in [0.15, 0.2) is 0 Å². The fourth-order valence-electron chi connectivity index (χ4n) is 3.76. The minimum absolute atomic E-state index is 0.0416. The smallest absolute Gasteiger partial charge is 0.273 e. The van der Waals surface area contributed by atoms with Gasteiger partial charge in [0.1, 0.15) is 10.7 Å². The Balaban J connectivity index is 1.45. The average Bonchev–Trinajstić information content (AvgIpc) is 3.16. The predicted molar refractivity (Wildman–Crippen MR) is 105 cm³/mol. The predicted octanol–water partition coefficient (Wildman–Crippen LogP) is 4.46. The Kier molecular flexibility index (Phi) is 5.00. The molecule has 1 aromatic heterocycles. The van der Waals surface area contributed by atoms with Crippen molar-refractivity contribution in [3.05, 3.63) is 64.1 Å². The molecule has 1 aliphatic heterocycles. The van der Waals surface area contributed by atoms with Crippen molar-refractivity contribution in [1.29, 1.82) is 0 Å². The van der Waals surface area contributed by atoms with Crippen LogP contribution >= 0.6 is 11.3 Å². The second-order valence-corrected chi connectivity index (χ2v) is 7.64.